The van der Waals surface area contributed by atoms with Crippen molar-refractivity contribution in [3.05, 3.63) is 49.1 Å². The predicted octanol–water partition coefficient (Wildman–Crippen LogP) is 2.19. The van der Waals surface area contributed by atoms with Crippen LogP contribution >= 0.6 is 0 Å². The molecule has 0 bridgehead atoms. The summed E-state index contributed by atoms with van der Waals surface area (Å²) in [4.78, 5) is 12.4. The molecule has 0 saturated carbocycles. The van der Waals surface area contributed by atoms with Gasteiger partial charge in [0, 0.05) is 0 Å². The Hall–Kier alpha value is -1.66. The van der Waals surface area contributed by atoms with E-state index in [9.17, 15) is 4.79 Å². The normalized spacial score (nSPS) is 7.00. The van der Waals surface area contributed by atoms with Crippen LogP contribution in [0.25, 0.3) is 0 Å². The van der Waals surface area contributed by atoms with Crippen molar-refractivity contribution in [2.75, 3.05) is 6.54 Å². The number of rotatable bonds is 2. The first kappa shape index (κ1) is 10.3. The highest BCUT2D eigenvalue weighted by Gasteiger charge is 1.58. The van der Waals surface area contributed by atoms with Gasteiger partial charge >= 0.3 is 0 Å². The first-order valence-electron chi connectivity index (χ1n) is 3.56. The number of hydrogen-bond acceptors (Lipinski definition) is 2. The SMILES string of the molecule is C=CCN=C=O.c1ccccc1. The molecule has 0 heterocycles. The highest BCUT2D eigenvalue weighted by atomic mass is 16.1. The molecule has 1 rings (SSSR count). The Morgan fingerprint density at radius 3 is 1.75 bits per heavy atom. The van der Waals surface area contributed by atoms with Crippen LogP contribution in [0.15, 0.2) is 54.0 Å². The average molecular weight is 161 g/mol. The van der Waals surface area contributed by atoms with E-state index in [2.05, 4.69) is 11.6 Å². The summed E-state index contributed by atoms with van der Waals surface area (Å²) in [5.41, 5.74) is 0. The number of aliphatic imine (C=N–C) groups is 1. The van der Waals surface area contributed by atoms with Gasteiger partial charge in [-0.15, -0.1) is 6.58 Å². The fraction of sp³-hybridized carbons (Fsp3) is 0.100. The van der Waals surface area contributed by atoms with E-state index in [1.54, 1.807) is 0 Å². The summed E-state index contributed by atoms with van der Waals surface area (Å²) in [6.45, 7) is 3.70. The van der Waals surface area contributed by atoms with Crippen molar-refractivity contribution in [1.82, 2.24) is 0 Å². The van der Waals surface area contributed by atoms with Crippen molar-refractivity contribution < 1.29 is 4.79 Å². The average Bonchev–Trinajstić information content (AvgIpc) is 2.18. The maximum atomic E-state index is 9.22. The standard InChI is InChI=1S/C6H6.C4H5NO/c1-2-4-6-5-3-1;1-2-3-5-4-6/h1-6H;2H,1,3H2. The van der Waals surface area contributed by atoms with Crippen molar-refractivity contribution in [2.45, 2.75) is 0 Å². The van der Waals surface area contributed by atoms with E-state index in [-0.39, 0.29) is 0 Å². The molecule has 12 heavy (non-hydrogen) atoms. The maximum Gasteiger partial charge on any atom is 0.235 e. The fourth-order valence-electron chi connectivity index (χ4n) is 0.487. The predicted molar refractivity (Wildman–Crippen MR) is 49.6 cm³/mol. The summed E-state index contributed by atoms with van der Waals surface area (Å²) in [5.74, 6) is 0. The van der Waals surface area contributed by atoms with Crippen LogP contribution in [-0.4, -0.2) is 12.6 Å². The lowest BCUT2D eigenvalue weighted by Crippen LogP contribution is -1.63. The van der Waals surface area contributed by atoms with Gasteiger partial charge in [-0.05, 0) is 0 Å². The van der Waals surface area contributed by atoms with Crippen LogP contribution in [0.4, 0.5) is 0 Å². The minimum Gasteiger partial charge on any atom is -0.211 e. The van der Waals surface area contributed by atoms with Crippen LogP contribution in [0, 0.1) is 0 Å². The van der Waals surface area contributed by atoms with Crippen molar-refractivity contribution >= 4 is 6.08 Å². The number of isocyanates is 1. The Kier molecular flexibility index (Phi) is 8.05. The second-order valence-electron chi connectivity index (χ2n) is 1.88. The largest absolute Gasteiger partial charge is 0.235 e. The van der Waals surface area contributed by atoms with Crippen molar-refractivity contribution in [1.29, 1.82) is 0 Å². The van der Waals surface area contributed by atoms with Gasteiger partial charge in [-0.25, -0.2) is 9.79 Å². The van der Waals surface area contributed by atoms with E-state index in [4.69, 9.17) is 0 Å². The minimum atomic E-state index is 0.378. The van der Waals surface area contributed by atoms with Gasteiger partial charge in [0.15, 0.2) is 0 Å². The van der Waals surface area contributed by atoms with Gasteiger partial charge in [-0.1, -0.05) is 42.5 Å². The van der Waals surface area contributed by atoms with Gasteiger partial charge in [-0.2, -0.15) is 0 Å². The first-order valence-corrected chi connectivity index (χ1v) is 3.56. The maximum absolute atomic E-state index is 9.22. The van der Waals surface area contributed by atoms with Crippen molar-refractivity contribution in [3.8, 4) is 0 Å². The second kappa shape index (κ2) is 9.34. The van der Waals surface area contributed by atoms with Crippen LogP contribution < -0.4 is 0 Å². The molecule has 0 aliphatic carbocycles. The lowest BCUT2D eigenvalue weighted by Gasteiger charge is -1.69. The van der Waals surface area contributed by atoms with E-state index < -0.39 is 0 Å². The third-order valence-electron chi connectivity index (χ3n) is 0.952. The van der Waals surface area contributed by atoms with Crippen LogP contribution in [0.1, 0.15) is 0 Å². The van der Waals surface area contributed by atoms with E-state index in [1.165, 1.54) is 12.2 Å². The Bertz CT molecular complexity index is 211. The molecule has 0 aliphatic rings. The molecule has 0 spiro atoms. The summed E-state index contributed by atoms with van der Waals surface area (Å²) in [6, 6.07) is 12.0. The molecule has 0 N–H and O–H groups in total. The number of carbonyl (C=O) groups excluding carboxylic acids is 1. The zero-order chi connectivity index (χ0) is 9.07. The molecule has 0 aromatic heterocycles. The number of nitrogens with zero attached hydrogens (tertiary/aromatic N) is 1. The fourth-order valence-corrected chi connectivity index (χ4v) is 0.487. The van der Waals surface area contributed by atoms with Crippen LogP contribution in [0.2, 0.25) is 0 Å². The molecular weight excluding hydrogens is 150 g/mol. The monoisotopic (exact) mass is 161 g/mol. The van der Waals surface area contributed by atoms with Crippen LogP contribution in [-0.2, 0) is 4.79 Å². The highest BCUT2D eigenvalue weighted by molar-refractivity contribution is 5.33. The minimum absolute atomic E-state index is 0.378. The van der Waals surface area contributed by atoms with Crippen LogP contribution in [0.5, 0.6) is 0 Å². The molecule has 0 aliphatic heterocycles. The molecule has 0 atom stereocenters. The smallest absolute Gasteiger partial charge is 0.211 e. The summed E-state index contributed by atoms with van der Waals surface area (Å²) in [7, 11) is 0. The summed E-state index contributed by atoms with van der Waals surface area (Å²) < 4.78 is 0. The van der Waals surface area contributed by atoms with Crippen LogP contribution in [0.3, 0.4) is 0 Å². The second-order valence-corrected chi connectivity index (χ2v) is 1.88. The molecule has 2 nitrogen and oxygen atoms in total. The van der Waals surface area contributed by atoms with E-state index in [0.717, 1.165) is 0 Å². The van der Waals surface area contributed by atoms with Gasteiger partial charge < -0.3 is 0 Å². The third kappa shape index (κ3) is 8.34. The van der Waals surface area contributed by atoms with E-state index in [1.807, 2.05) is 36.4 Å². The van der Waals surface area contributed by atoms with E-state index >= 15 is 0 Å². The van der Waals surface area contributed by atoms with Gasteiger partial charge in [-0.3, -0.25) is 0 Å². The molecule has 1 aromatic rings. The lowest BCUT2D eigenvalue weighted by molar-refractivity contribution is 0.564. The first-order chi connectivity index (χ1) is 5.91. The molecule has 0 saturated heterocycles. The van der Waals surface area contributed by atoms with Crippen molar-refractivity contribution in [2.24, 2.45) is 4.99 Å². The summed E-state index contributed by atoms with van der Waals surface area (Å²) in [5, 5.41) is 0. The van der Waals surface area contributed by atoms with E-state index in [0.29, 0.717) is 6.54 Å². The van der Waals surface area contributed by atoms with Gasteiger partial charge in [0.1, 0.15) is 0 Å². The molecule has 0 amide bonds. The molecule has 2 heteroatoms. The van der Waals surface area contributed by atoms with Gasteiger partial charge in [0.25, 0.3) is 0 Å². The zero-order valence-corrected chi connectivity index (χ0v) is 6.81. The lowest BCUT2D eigenvalue weighted by atomic mass is 10.4. The molecular formula is C10H11NO. The van der Waals surface area contributed by atoms with Gasteiger partial charge in [0.05, 0.1) is 6.54 Å². The molecule has 0 fully saturated rings. The third-order valence-corrected chi connectivity index (χ3v) is 0.952. The summed E-state index contributed by atoms with van der Waals surface area (Å²) in [6.07, 6.45) is 2.90. The van der Waals surface area contributed by atoms with Gasteiger partial charge in [0.2, 0.25) is 6.08 Å². The van der Waals surface area contributed by atoms with Crippen molar-refractivity contribution in [3.63, 3.8) is 0 Å². The topological polar surface area (TPSA) is 29.4 Å². The highest BCUT2D eigenvalue weighted by Crippen LogP contribution is 1.79. The molecule has 0 radical (unpaired) electrons. The Balaban J connectivity index is 0.000000202. The Morgan fingerprint density at radius 1 is 1.17 bits per heavy atom. The number of hydrogen-bond donors (Lipinski definition) is 0. The quantitative estimate of drug-likeness (QED) is 0.371. The molecule has 1 aromatic carbocycles. The zero-order valence-electron chi connectivity index (χ0n) is 6.81. The Labute approximate surface area is 72.3 Å². The summed E-state index contributed by atoms with van der Waals surface area (Å²) >= 11 is 0. The Morgan fingerprint density at radius 2 is 1.58 bits per heavy atom. The number of benzene rings is 1. The molecule has 0 unspecified atom stereocenters. The molecule has 62 valence electrons.